The molecule has 0 saturated heterocycles. The second-order valence-corrected chi connectivity index (χ2v) is 6.68. The van der Waals surface area contributed by atoms with Crippen molar-refractivity contribution in [2.24, 2.45) is 0 Å². The van der Waals surface area contributed by atoms with Crippen molar-refractivity contribution in [3.05, 3.63) is 47.0 Å². The molecular formula is C21H24N2O5. The lowest BCUT2D eigenvalue weighted by atomic mass is 10.1. The third kappa shape index (κ3) is 4.03. The van der Waals surface area contributed by atoms with Crippen LogP contribution in [0.15, 0.2) is 30.3 Å². The molecule has 0 unspecified atom stereocenters. The molecule has 0 fully saturated rings. The maximum atomic E-state index is 12.8. The fourth-order valence-electron chi connectivity index (χ4n) is 3.09. The highest BCUT2D eigenvalue weighted by molar-refractivity contribution is 6.00. The summed E-state index contributed by atoms with van der Waals surface area (Å²) in [5.74, 6) is 0.793. The Hall–Kier alpha value is -3.22. The van der Waals surface area contributed by atoms with Crippen LogP contribution in [0.1, 0.15) is 21.5 Å². The van der Waals surface area contributed by atoms with E-state index in [-0.39, 0.29) is 18.4 Å². The molecule has 1 aliphatic rings. The second-order valence-electron chi connectivity index (χ2n) is 6.68. The number of likely N-dealkylation sites (N-methyl/N-ethyl adjacent to an activating group) is 1. The van der Waals surface area contributed by atoms with Crippen LogP contribution in [0.5, 0.6) is 17.2 Å². The first-order chi connectivity index (χ1) is 13.4. The standard InChI is InChI=1S/C21H24N2O5/c1-13-6-5-7-14(2)19(13)22-18(24)12-23(3)21(25)15-10-16(26-4)20-17(11-15)27-8-9-28-20/h5-7,10-11H,8-9,12H2,1-4H3,(H,22,24). The van der Waals surface area contributed by atoms with E-state index in [9.17, 15) is 9.59 Å². The van der Waals surface area contributed by atoms with E-state index in [4.69, 9.17) is 14.2 Å². The number of nitrogens with zero attached hydrogens (tertiary/aromatic N) is 1. The van der Waals surface area contributed by atoms with Gasteiger partial charge in [0.25, 0.3) is 5.91 Å². The molecule has 0 aromatic heterocycles. The Labute approximate surface area is 164 Å². The van der Waals surface area contributed by atoms with Gasteiger partial charge in [0, 0.05) is 18.3 Å². The van der Waals surface area contributed by atoms with Crippen LogP contribution in [0.3, 0.4) is 0 Å². The highest BCUT2D eigenvalue weighted by Crippen LogP contribution is 2.40. The summed E-state index contributed by atoms with van der Waals surface area (Å²) < 4.78 is 16.4. The van der Waals surface area contributed by atoms with Crippen LogP contribution in [-0.4, -0.2) is 50.6 Å². The van der Waals surface area contributed by atoms with Crippen LogP contribution in [0.25, 0.3) is 0 Å². The molecule has 3 rings (SSSR count). The lowest BCUT2D eigenvalue weighted by molar-refractivity contribution is -0.116. The largest absolute Gasteiger partial charge is 0.493 e. The zero-order valence-corrected chi connectivity index (χ0v) is 16.5. The number of aryl methyl sites for hydroxylation is 2. The minimum atomic E-state index is -0.313. The van der Waals surface area contributed by atoms with Crippen molar-refractivity contribution in [3.63, 3.8) is 0 Å². The zero-order chi connectivity index (χ0) is 20.3. The van der Waals surface area contributed by atoms with Gasteiger partial charge in [-0.05, 0) is 37.1 Å². The maximum Gasteiger partial charge on any atom is 0.254 e. The first-order valence-corrected chi connectivity index (χ1v) is 9.00. The molecule has 0 spiro atoms. The maximum absolute atomic E-state index is 12.8. The predicted molar refractivity (Wildman–Crippen MR) is 105 cm³/mol. The van der Waals surface area contributed by atoms with Gasteiger partial charge in [-0.1, -0.05) is 18.2 Å². The summed E-state index contributed by atoms with van der Waals surface area (Å²) in [5.41, 5.74) is 3.08. The van der Waals surface area contributed by atoms with Crippen LogP contribution >= 0.6 is 0 Å². The van der Waals surface area contributed by atoms with Gasteiger partial charge in [-0.25, -0.2) is 0 Å². The van der Waals surface area contributed by atoms with E-state index in [1.807, 2.05) is 32.0 Å². The fraction of sp³-hybridized carbons (Fsp3) is 0.333. The molecule has 0 aliphatic carbocycles. The summed E-state index contributed by atoms with van der Waals surface area (Å²) >= 11 is 0. The molecule has 2 amide bonds. The Bertz CT molecular complexity index is 872. The molecule has 28 heavy (non-hydrogen) atoms. The summed E-state index contributed by atoms with van der Waals surface area (Å²) in [6.45, 7) is 4.61. The first-order valence-electron chi connectivity index (χ1n) is 9.00. The van der Waals surface area contributed by atoms with E-state index >= 15 is 0 Å². The lowest BCUT2D eigenvalue weighted by Crippen LogP contribution is -2.35. The molecular weight excluding hydrogens is 360 g/mol. The Kier molecular flexibility index (Phi) is 5.73. The number of nitrogens with one attached hydrogen (secondary N) is 1. The van der Waals surface area contributed by atoms with Gasteiger partial charge in [0.1, 0.15) is 13.2 Å². The number of rotatable bonds is 5. The molecule has 0 radical (unpaired) electrons. The van der Waals surface area contributed by atoms with Gasteiger partial charge >= 0.3 is 0 Å². The minimum Gasteiger partial charge on any atom is -0.493 e. The number of carbonyl (C=O) groups excluding carboxylic acids is 2. The van der Waals surface area contributed by atoms with Crippen molar-refractivity contribution in [2.45, 2.75) is 13.8 Å². The second kappa shape index (κ2) is 8.21. The number of hydrogen-bond donors (Lipinski definition) is 1. The number of para-hydroxylation sites is 1. The number of methoxy groups -OCH3 is 1. The molecule has 1 heterocycles. The van der Waals surface area contributed by atoms with Crippen molar-refractivity contribution in [1.82, 2.24) is 4.90 Å². The van der Waals surface area contributed by atoms with Gasteiger partial charge in [-0.15, -0.1) is 0 Å². The highest BCUT2D eigenvalue weighted by Gasteiger charge is 2.23. The van der Waals surface area contributed by atoms with Crippen LogP contribution < -0.4 is 19.5 Å². The molecule has 0 bridgehead atoms. The summed E-state index contributed by atoms with van der Waals surface area (Å²) in [7, 11) is 3.08. The Morgan fingerprint density at radius 1 is 1.14 bits per heavy atom. The molecule has 2 aromatic carbocycles. The lowest BCUT2D eigenvalue weighted by Gasteiger charge is -2.23. The zero-order valence-electron chi connectivity index (χ0n) is 16.5. The summed E-state index contributed by atoms with van der Waals surface area (Å²) in [6, 6.07) is 9.00. The van der Waals surface area contributed by atoms with Crippen LogP contribution in [-0.2, 0) is 4.79 Å². The summed E-state index contributed by atoms with van der Waals surface area (Å²) in [6.07, 6.45) is 0. The topological polar surface area (TPSA) is 77.1 Å². The predicted octanol–water partition coefficient (Wildman–Crippen LogP) is 2.79. The SMILES string of the molecule is COc1cc(C(=O)N(C)CC(=O)Nc2c(C)cccc2C)cc2c1OCCO2. The average molecular weight is 384 g/mol. The molecule has 148 valence electrons. The van der Waals surface area contributed by atoms with E-state index in [2.05, 4.69) is 5.32 Å². The van der Waals surface area contributed by atoms with E-state index < -0.39 is 0 Å². The van der Waals surface area contributed by atoms with E-state index in [1.54, 1.807) is 19.2 Å². The smallest absolute Gasteiger partial charge is 0.254 e. The number of amides is 2. The van der Waals surface area contributed by atoms with Gasteiger partial charge in [-0.2, -0.15) is 0 Å². The molecule has 1 N–H and O–H groups in total. The van der Waals surface area contributed by atoms with Crippen molar-refractivity contribution >= 4 is 17.5 Å². The van der Waals surface area contributed by atoms with Crippen LogP contribution in [0, 0.1) is 13.8 Å². The first kappa shape index (κ1) is 19.5. The van der Waals surface area contributed by atoms with Crippen LogP contribution in [0.2, 0.25) is 0 Å². The Morgan fingerprint density at radius 3 is 2.50 bits per heavy atom. The third-order valence-corrected chi connectivity index (χ3v) is 4.55. The number of fused-ring (bicyclic) bond motifs is 1. The molecule has 7 heteroatoms. The normalized spacial score (nSPS) is 12.3. The van der Waals surface area contributed by atoms with Crippen molar-refractivity contribution in [2.75, 3.05) is 39.2 Å². The van der Waals surface area contributed by atoms with E-state index in [0.717, 1.165) is 16.8 Å². The van der Waals surface area contributed by atoms with E-state index in [1.165, 1.54) is 12.0 Å². The Balaban J connectivity index is 1.73. The average Bonchev–Trinajstić information content (AvgIpc) is 2.69. The molecule has 0 saturated carbocycles. The van der Waals surface area contributed by atoms with Crippen molar-refractivity contribution < 1.29 is 23.8 Å². The summed E-state index contributed by atoms with van der Waals surface area (Å²) in [5, 5.41) is 2.89. The highest BCUT2D eigenvalue weighted by atomic mass is 16.6. The van der Waals surface area contributed by atoms with Crippen molar-refractivity contribution in [3.8, 4) is 17.2 Å². The van der Waals surface area contributed by atoms with Gasteiger partial charge < -0.3 is 24.4 Å². The quantitative estimate of drug-likeness (QED) is 0.858. The minimum absolute atomic E-state index is 0.0800. The third-order valence-electron chi connectivity index (χ3n) is 4.55. The number of ether oxygens (including phenoxy) is 3. The monoisotopic (exact) mass is 384 g/mol. The van der Waals surface area contributed by atoms with Gasteiger partial charge in [0.05, 0.1) is 13.7 Å². The number of benzene rings is 2. The number of carbonyl (C=O) groups is 2. The molecule has 1 aliphatic heterocycles. The van der Waals surface area contributed by atoms with E-state index in [0.29, 0.717) is 36.0 Å². The number of hydrogen-bond acceptors (Lipinski definition) is 5. The van der Waals surface area contributed by atoms with Gasteiger partial charge in [0.2, 0.25) is 11.7 Å². The molecule has 7 nitrogen and oxygen atoms in total. The summed E-state index contributed by atoms with van der Waals surface area (Å²) in [4.78, 5) is 26.6. The molecule has 0 atom stereocenters. The number of anilines is 1. The van der Waals surface area contributed by atoms with Crippen LogP contribution in [0.4, 0.5) is 5.69 Å². The Morgan fingerprint density at radius 2 is 1.82 bits per heavy atom. The van der Waals surface area contributed by atoms with Crippen molar-refractivity contribution in [1.29, 1.82) is 0 Å². The van der Waals surface area contributed by atoms with Gasteiger partial charge in [0.15, 0.2) is 11.5 Å². The molecule has 2 aromatic rings. The van der Waals surface area contributed by atoms with Gasteiger partial charge in [-0.3, -0.25) is 9.59 Å². The fourth-order valence-corrected chi connectivity index (χ4v) is 3.09.